The maximum atomic E-state index is 5.94. The van der Waals surface area contributed by atoms with Gasteiger partial charge in [0.15, 0.2) is 0 Å². The maximum absolute atomic E-state index is 5.94. The summed E-state index contributed by atoms with van der Waals surface area (Å²) in [4.78, 5) is 4.49. The molecule has 0 amide bonds. The van der Waals surface area contributed by atoms with Gasteiger partial charge < -0.3 is 15.2 Å². The molecule has 0 spiro atoms. The van der Waals surface area contributed by atoms with Gasteiger partial charge in [-0.3, -0.25) is 4.98 Å². The molecule has 1 aromatic heterocycles. The summed E-state index contributed by atoms with van der Waals surface area (Å²) in [5.41, 5.74) is 8.44. The Bertz CT molecular complexity index is 624. The summed E-state index contributed by atoms with van der Waals surface area (Å²) in [5, 5.41) is 0. The molecule has 0 aliphatic rings. The highest BCUT2D eigenvalue weighted by molar-refractivity contribution is 5.51. The number of aryl methyl sites for hydroxylation is 2. The van der Waals surface area contributed by atoms with E-state index >= 15 is 0 Å². The summed E-state index contributed by atoms with van der Waals surface area (Å²) in [5.74, 6) is 2.12. The minimum Gasteiger partial charge on any atom is -0.491 e. The maximum Gasteiger partial charge on any atom is 0.148 e. The fourth-order valence-electron chi connectivity index (χ4n) is 2.06. The van der Waals surface area contributed by atoms with E-state index in [4.69, 9.17) is 15.2 Å². The summed E-state index contributed by atoms with van der Waals surface area (Å²) in [6.07, 6.45) is 0.904. The van der Waals surface area contributed by atoms with E-state index in [1.54, 1.807) is 12.1 Å². The monoisotopic (exact) mass is 286 g/mol. The predicted molar refractivity (Wildman–Crippen MR) is 85.0 cm³/mol. The normalized spacial score (nSPS) is 10.7. The molecule has 1 heterocycles. The number of anilines is 1. The molecule has 2 N–H and O–H groups in total. The van der Waals surface area contributed by atoms with E-state index in [1.807, 2.05) is 39.0 Å². The zero-order valence-corrected chi connectivity index (χ0v) is 13.0. The summed E-state index contributed by atoms with van der Waals surface area (Å²) in [6.45, 7) is 7.98. The van der Waals surface area contributed by atoms with Crippen molar-refractivity contribution in [2.24, 2.45) is 0 Å². The van der Waals surface area contributed by atoms with Crippen LogP contribution in [-0.4, -0.2) is 11.1 Å². The molecule has 0 aliphatic carbocycles. The van der Waals surface area contributed by atoms with Crippen LogP contribution in [0.3, 0.4) is 0 Å². The van der Waals surface area contributed by atoms with Gasteiger partial charge in [0.05, 0.1) is 11.8 Å². The fourth-order valence-corrected chi connectivity index (χ4v) is 2.06. The largest absolute Gasteiger partial charge is 0.491 e. The molecule has 21 heavy (non-hydrogen) atoms. The number of nitrogens with zero attached hydrogens (tertiary/aromatic N) is 1. The Morgan fingerprint density at radius 2 is 1.86 bits per heavy atom. The fraction of sp³-hybridized carbons (Fsp3) is 0.353. The van der Waals surface area contributed by atoms with Crippen LogP contribution in [0.1, 0.15) is 32.2 Å². The van der Waals surface area contributed by atoms with Crippen molar-refractivity contribution in [1.82, 2.24) is 4.98 Å². The Labute approximate surface area is 125 Å². The van der Waals surface area contributed by atoms with Crippen LogP contribution in [0.4, 0.5) is 5.69 Å². The van der Waals surface area contributed by atoms with E-state index in [0.717, 1.165) is 23.6 Å². The lowest BCUT2D eigenvalue weighted by atomic mass is 10.2. The highest BCUT2D eigenvalue weighted by Crippen LogP contribution is 2.30. The molecule has 2 rings (SSSR count). The first-order valence-corrected chi connectivity index (χ1v) is 7.19. The number of rotatable bonds is 5. The van der Waals surface area contributed by atoms with Crippen molar-refractivity contribution in [2.45, 2.75) is 40.2 Å². The van der Waals surface area contributed by atoms with Gasteiger partial charge in [-0.15, -0.1) is 0 Å². The zero-order chi connectivity index (χ0) is 15.4. The predicted octanol–water partition coefficient (Wildman–Crippen LogP) is 4.11. The summed E-state index contributed by atoms with van der Waals surface area (Å²) in [7, 11) is 0. The van der Waals surface area contributed by atoms with Crippen LogP contribution >= 0.6 is 0 Å². The van der Waals surface area contributed by atoms with Crippen LogP contribution in [0.25, 0.3) is 0 Å². The molecule has 112 valence electrons. The van der Waals surface area contributed by atoms with E-state index in [0.29, 0.717) is 17.2 Å². The van der Waals surface area contributed by atoms with Crippen molar-refractivity contribution in [2.75, 3.05) is 5.73 Å². The van der Waals surface area contributed by atoms with Crippen LogP contribution in [0.2, 0.25) is 0 Å². The number of benzene rings is 1. The van der Waals surface area contributed by atoms with Crippen molar-refractivity contribution >= 4 is 5.69 Å². The first-order valence-electron chi connectivity index (χ1n) is 7.19. The second-order valence-electron chi connectivity index (χ2n) is 5.26. The summed E-state index contributed by atoms with van der Waals surface area (Å²) >= 11 is 0. The van der Waals surface area contributed by atoms with Gasteiger partial charge >= 0.3 is 0 Å². The van der Waals surface area contributed by atoms with Gasteiger partial charge in [0.2, 0.25) is 0 Å². The minimum absolute atomic E-state index is 0.0897. The number of nitrogens with two attached hydrogens (primary N) is 1. The van der Waals surface area contributed by atoms with Gasteiger partial charge in [-0.1, -0.05) is 6.92 Å². The molecule has 2 aromatic rings. The Morgan fingerprint density at radius 3 is 2.52 bits per heavy atom. The molecule has 0 fully saturated rings. The Kier molecular flexibility index (Phi) is 4.68. The smallest absolute Gasteiger partial charge is 0.148 e. The third-order valence-electron chi connectivity index (χ3n) is 2.91. The quantitative estimate of drug-likeness (QED) is 0.840. The lowest BCUT2D eigenvalue weighted by Gasteiger charge is -2.14. The van der Waals surface area contributed by atoms with E-state index < -0.39 is 0 Å². The lowest BCUT2D eigenvalue weighted by molar-refractivity contribution is 0.242. The van der Waals surface area contributed by atoms with Crippen molar-refractivity contribution in [3.05, 3.63) is 41.7 Å². The topological polar surface area (TPSA) is 57.4 Å². The molecule has 0 saturated carbocycles. The number of aromatic nitrogens is 1. The number of ether oxygens (including phenoxy) is 2. The van der Waals surface area contributed by atoms with E-state index in [-0.39, 0.29) is 6.10 Å². The second kappa shape index (κ2) is 6.48. The van der Waals surface area contributed by atoms with Crippen LogP contribution in [-0.2, 0) is 6.42 Å². The third-order valence-corrected chi connectivity index (χ3v) is 2.91. The molecule has 4 nitrogen and oxygen atoms in total. The molecule has 0 radical (unpaired) electrons. The molecule has 0 atom stereocenters. The zero-order valence-electron chi connectivity index (χ0n) is 13.0. The molecule has 1 aromatic carbocycles. The number of pyridine rings is 1. The SMILES string of the molecule is CCc1nc(C)ccc1Oc1cc(N)cc(OC(C)C)c1. The molecule has 0 aliphatic heterocycles. The number of hydrogen-bond donors (Lipinski definition) is 1. The average Bonchev–Trinajstić information content (AvgIpc) is 2.39. The molecular formula is C17H22N2O2. The molecular weight excluding hydrogens is 264 g/mol. The molecule has 4 heteroatoms. The number of hydrogen-bond acceptors (Lipinski definition) is 4. The third kappa shape index (κ3) is 4.12. The van der Waals surface area contributed by atoms with E-state index in [2.05, 4.69) is 11.9 Å². The standard InChI is InChI=1S/C17H22N2O2/c1-5-16-17(7-6-12(4)19-16)21-15-9-13(18)8-14(10-15)20-11(2)3/h6-11H,5,18H2,1-4H3. The summed E-state index contributed by atoms with van der Waals surface area (Å²) < 4.78 is 11.6. The number of nitrogen functional groups attached to an aromatic ring is 1. The highest BCUT2D eigenvalue weighted by Gasteiger charge is 2.08. The Morgan fingerprint density at radius 1 is 1.14 bits per heavy atom. The van der Waals surface area contributed by atoms with Crippen molar-refractivity contribution in [3.8, 4) is 17.2 Å². The summed E-state index contributed by atoms with van der Waals surface area (Å²) in [6, 6.07) is 9.29. The lowest BCUT2D eigenvalue weighted by Crippen LogP contribution is -2.06. The molecule has 0 saturated heterocycles. The average molecular weight is 286 g/mol. The van der Waals surface area contributed by atoms with Crippen LogP contribution in [0.5, 0.6) is 17.2 Å². The minimum atomic E-state index is 0.0897. The van der Waals surface area contributed by atoms with Gasteiger partial charge in [0, 0.05) is 29.6 Å². The first kappa shape index (κ1) is 15.2. The van der Waals surface area contributed by atoms with E-state index in [1.165, 1.54) is 0 Å². The van der Waals surface area contributed by atoms with Crippen LogP contribution in [0, 0.1) is 6.92 Å². The Hall–Kier alpha value is -2.23. The van der Waals surface area contributed by atoms with Gasteiger partial charge in [-0.25, -0.2) is 0 Å². The van der Waals surface area contributed by atoms with E-state index in [9.17, 15) is 0 Å². The van der Waals surface area contributed by atoms with Crippen molar-refractivity contribution in [1.29, 1.82) is 0 Å². The van der Waals surface area contributed by atoms with Crippen molar-refractivity contribution < 1.29 is 9.47 Å². The van der Waals surface area contributed by atoms with Crippen LogP contribution < -0.4 is 15.2 Å². The van der Waals surface area contributed by atoms with Crippen molar-refractivity contribution in [3.63, 3.8) is 0 Å². The van der Waals surface area contributed by atoms with Gasteiger partial charge in [0.25, 0.3) is 0 Å². The van der Waals surface area contributed by atoms with Gasteiger partial charge in [0.1, 0.15) is 17.2 Å². The molecule has 0 unspecified atom stereocenters. The molecule has 0 bridgehead atoms. The second-order valence-corrected chi connectivity index (χ2v) is 5.26. The Balaban J connectivity index is 2.29. The van der Waals surface area contributed by atoms with Gasteiger partial charge in [-0.2, -0.15) is 0 Å². The highest BCUT2D eigenvalue weighted by atomic mass is 16.5. The first-order chi connectivity index (χ1) is 9.97. The van der Waals surface area contributed by atoms with Crippen LogP contribution in [0.15, 0.2) is 30.3 Å². The van der Waals surface area contributed by atoms with Gasteiger partial charge in [-0.05, 0) is 39.3 Å².